The van der Waals surface area contributed by atoms with Crippen LogP contribution >= 0.6 is 11.6 Å². The molecule has 0 aliphatic heterocycles. The number of amides is 2. The van der Waals surface area contributed by atoms with Gasteiger partial charge in [-0.25, -0.2) is 0 Å². The van der Waals surface area contributed by atoms with Gasteiger partial charge in [0.15, 0.2) is 5.76 Å². The lowest BCUT2D eigenvalue weighted by molar-refractivity contribution is -0.118. The molecule has 2 atom stereocenters. The topological polar surface area (TPSA) is 80.6 Å². The van der Waals surface area contributed by atoms with Gasteiger partial charge >= 0.3 is 0 Å². The summed E-state index contributed by atoms with van der Waals surface area (Å²) in [4.78, 5) is 24.0. The summed E-state index contributed by atoms with van der Waals surface area (Å²) in [5.74, 6) is -0.394. The number of benzene rings is 1. The average molecular weight is 349 g/mol. The molecular formula is C17H17ClN2O4. The lowest BCUT2D eigenvalue weighted by Crippen LogP contribution is -2.17. The fraction of sp³-hybridized carbons (Fsp3) is 0.294. The normalized spacial score (nSPS) is 18.9. The van der Waals surface area contributed by atoms with Gasteiger partial charge in [-0.2, -0.15) is 0 Å². The van der Waals surface area contributed by atoms with Crippen LogP contribution in [0.1, 0.15) is 23.9 Å². The lowest BCUT2D eigenvalue weighted by atomic mass is 10.2. The number of anilines is 2. The summed E-state index contributed by atoms with van der Waals surface area (Å²) in [5.41, 5.74) is 1.01. The van der Waals surface area contributed by atoms with Gasteiger partial charge in [-0.3, -0.25) is 9.59 Å². The Labute approximate surface area is 144 Å². The summed E-state index contributed by atoms with van der Waals surface area (Å²) in [7, 11) is 0. The Morgan fingerprint density at radius 2 is 2.17 bits per heavy atom. The van der Waals surface area contributed by atoms with E-state index in [0.29, 0.717) is 23.0 Å². The number of carbonyl (C=O) groups excluding carboxylic acids is 2. The first-order valence-electron chi connectivity index (χ1n) is 7.65. The molecule has 1 heterocycles. The fourth-order valence-electron chi connectivity index (χ4n) is 2.37. The molecule has 2 aromatic rings. The number of hydrogen-bond acceptors (Lipinski definition) is 4. The van der Waals surface area contributed by atoms with E-state index in [1.165, 1.54) is 6.26 Å². The fourth-order valence-corrected chi connectivity index (χ4v) is 2.59. The van der Waals surface area contributed by atoms with Crippen LogP contribution < -0.4 is 10.6 Å². The predicted octanol–water partition coefficient (Wildman–Crippen LogP) is 3.55. The molecule has 1 fully saturated rings. The molecule has 3 rings (SSSR count). The highest BCUT2D eigenvalue weighted by Crippen LogP contribution is 2.35. The van der Waals surface area contributed by atoms with E-state index < -0.39 is 5.91 Å². The third-order valence-corrected chi connectivity index (χ3v) is 3.99. The number of nitrogens with one attached hydrogen (secondary N) is 2. The SMILES string of the molecule is CCO[C@@H]1C[C@H]1C(=O)Nc1ccc(NC(=O)c2ccco2)c(Cl)c1. The highest BCUT2D eigenvalue weighted by Gasteiger charge is 2.43. The lowest BCUT2D eigenvalue weighted by Gasteiger charge is -2.09. The molecule has 6 nitrogen and oxygen atoms in total. The van der Waals surface area contributed by atoms with Crippen molar-refractivity contribution >= 4 is 34.8 Å². The minimum atomic E-state index is -0.392. The highest BCUT2D eigenvalue weighted by atomic mass is 35.5. The van der Waals surface area contributed by atoms with Crippen molar-refractivity contribution in [1.29, 1.82) is 0 Å². The number of furan rings is 1. The van der Waals surface area contributed by atoms with Gasteiger partial charge < -0.3 is 19.8 Å². The van der Waals surface area contributed by atoms with Gasteiger partial charge in [-0.15, -0.1) is 0 Å². The van der Waals surface area contributed by atoms with Crippen LogP contribution in [-0.4, -0.2) is 24.5 Å². The molecule has 1 aliphatic carbocycles. The standard InChI is InChI=1S/C17H17ClN2O4/c1-2-23-15-9-11(15)16(21)19-10-5-6-13(12(18)8-10)20-17(22)14-4-3-7-24-14/h3-8,11,15H,2,9H2,1H3,(H,19,21)(H,20,22)/t11-,15-/m1/s1. The Morgan fingerprint density at radius 3 is 2.83 bits per heavy atom. The van der Waals surface area contributed by atoms with E-state index in [1.807, 2.05) is 6.92 Å². The zero-order chi connectivity index (χ0) is 17.1. The molecule has 0 bridgehead atoms. The van der Waals surface area contributed by atoms with E-state index in [1.54, 1.807) is 30.3 Å². The summed E-state index contributed by atoms with van der Waals surface area (Å²) < 4.78 is 10.4. The molecule has 2 N–H and O–H groups in total. The third-order valence-electron chi connectivity index (χ3n) is 3.68. The van der Waals surface area contributed by atoms with Crippen LogP contribution in [0.4, 0.5) is 11.4 Å². The second kappa shape index (κ2) is 7.07. The maximum absolute atomic E-state index is 12.1. The van der Waals surface area contributed by atoms with Crippen LogP contribution in [-0.2, 0) is 9.53 Å². The van der Waals surface area contributed by atoms with Crippen molar-refractivity contribution in [3.8, 4) is 0 Å². The van der Waals surface area contributed by atoms with E-state index in [-0.39, 0.29) is 23.7 Å². The average Bonchev–Trinajstić information content (AvgIpc) is 3.10. The van der Waals surface area contributed by atoms with Crippen molar-refractivity contribution in [2.45, 2.75) is 19.4 Å². The van der Waals surface area contributed by atoms with Crippen LogP contribution in [0.5, 0.6) is 0 Å². The van der Waals surface area contributed by atoms with Gasteiger partial charge in [-0.05, 0) is 43.7 Å². The van der Waals surface area contributed by atoms with Crippen LogP contribution in [0.3, 0.4) is 0 Å². The van der Waals surface area contributed by atoms with Gasteiger partial charge in [0.2, 0.25) is 5.91 Å². The predicted molar refractivity (Wildman–Crippen MR) is 90.3 cm³/mol. The molecule has 1 aromatic heterocycles. The zero-order valence-corrected chi connectivity index (χ0v) is 13.8. The van der Waals surface area contributed by atoms with Gasteiger partial charge in [0.05, 0.1) is 29.0 Å². The number of halogens is 1. The summed E-state index contributed by atoms with van der Waals surface area (Å²) in [6, 6.07) is 8.09. The molecule has 0 saturated heterocycles. The Kier molecular flexibility index (Phi) is 4.87. The molecule has 7 heteroatoms. The maximum Gasteiger partial charge on any atom is 0.291 e. The first-order chi connectivity index (χ1) is 11.6. The Balaban J connectivity index is 1.60. The van der Waals surface area contributed by atoms with Crippen LogP contribution in [0.2, 0.25) is 5.02 Å². The molecule has 1 saturated carbocycles. The van der Waals surface area contributed by atoms with Crippen molar-refractivity contribution in [1.82, 2.24) is 0 Å². The van der Waals surface area contributed by atoms with Crippen LogP contribution in [0.25, 0.3) is 0 Å². The molecule has 0 unspecified atom stereocenters. The highest BCUT2D eigenvalue weighted by molar-refractivity contribution is 6.34. The van der Waals surface area contributed by atoms with Crippen molar-refractivity contribution in [2.24, 2.45) is 5.92 Å². The largest absolute Gasteiger partial charge is 0.459 e. The van der Waals surface area contributed by atoms with E-state index in [9.17, 15) is 9.59 Å². The first-order valence-corrected chi connectivity index (χ1v) is 8.03. The van der Waals surface area contributed by atoms with Crippen LogP contribution in [0, 0.1) is 5.92 Å². The quantitative estimate of drug-likeness (QED) is 0.836. The van der Waals surface area contributed by atoms with E-state index in [2.05, 4.69) is 10.6 Å². The van der Waals surface area contributed by atoms with Crippen molar-refractivity contribution < 1.29 is 18.7 Å². The minimum Gasteiger partial charge on any atom is -0.459 e. The smallest absolute Gasteiger partial charge is 0.291 e. The monoisotopic (exact) mass is 348 g/mol. The van der Waals surface area contributed by atoms with Crippen molar-refractivity contribution in [2.75, 3.05) is 17.2 Å². The second-order valence-corrected chi connectivity index (χ2v) is 5.86. The third kappa shape index (κ3) is 3.77. The van der Waals surface area contributed by atoms with Crippen molar-refractivity contribution in [3.05, 3.63) is 47.4 Å². The Morgan fingerprint density at radius 1 is 1.33 bits per heavy atom. The molecule has 24 heavy (non-hydrogen) atoms. The summed E-state index contributed by atoms with van der Waals surface area (Å²) >= 11 is 6.17. The van der Waals surface area contributed by atoms with Crippen molar-refractivity contribution in [3.63, 3.8) is 0 Å². The van der Waals surface area contributed by atoms with Gasteiger partial charge in [0.25, 0.3) is 5.91 Å². The molecule has 126 valence electrons. The number of carbonyl (C=O) groups is 2. The Hall–Kier alpha value is -2.31. The summed E-state index contributed by atoms with van der Waals surface area (Å²) in [6.07, 6.45) is 2.17. The summed E-state index contributed by atoms with van der Waals surface area (Å²) in [6.45, 7) is 2.51. The number of rotatable bonds is 6. The molecule has 2 amide bonds. The van der Waals surface area contributed by atoms with E-state index >= 15 is 0 Å². The molecule has 0 spiro atoms. The maximum atomic E-state index is 12.1. The summed E-state index contributed by atoms with van der Waals surface area (Å²) in [5, 5.41) is 5.79. The van der Waals surface area contributed by atoms with Gasteiger partial charge in [-0.1, -0.05) is 11.6 Å². The zero-order valence-electron chi connectivity index (χ0n) is 13.0. The number of ether oxygens (including phenoxy) is 1. The van der Waals surface area contributed by atoms with Gasteiger partial charge in [0.1, 0.15) is 0 Å². The molecular weight excluding hydrogens is 332 g/mol. The van der Waals surface area contributed by atoms with E-state index in [4.69, 9.17) is 20.8 Å². The van der Waals surface area contributed by atoms with E-state index in [0.717, 1.165) is 6.42 Å². The minimum absolute atomic E-state index is 0.0114. The van der Waals surface area contributed by atoms with Gasteiger partial charge in [0, 0.05) is 12.3 Å². The molecule has 0 radical (unpaired) electrons. The van der Waals surface area contributed by atoms with Crippen LogP contribution in [0.15, 0.2) is 41.0 Å². The number of hydrogen-bond donors (Lipinski definition) is 2. The first kappa shape index (κ1) is 16.5. The molecule has 1 aromatic carbocycles. The molecule has 1 aliphatic rings. The second-order valence-electron chi connectivity index (χ2n) is 5.45. The Bertz CT molecular complexity index is 745.